The molecule has 0 aliphatic rings. The third-order valence-electron chi connectivity index (χ3n) is 7.11. The average Bonchev–Trinajstić information content (AvgIpc) is 3.53. The monoisotopic (exact) mass is 768 g/mol. The van der Waals surface area contributed by atoms with Crippen LogP contribution >= 0.6 is 11.3 Å². The molecule has 6 rings (SSSR count). The molecule has 1 radical (unpaired) electrons. The van der Waals surface area contributed by atoms with Crippen LogP contribution in [0, 0.1) is 13.0 Å². The maximum Gasteiger partial charge on any atom is 0.216 e. The maximum atomic E-state index is 10.0. The molecule has 4 aromatic heterocycles. The second kappa shape index (κ2) is 13.3. The van der Waals surface area contributed by atoms with Crippen LogP contribution in [0.25, 0.3) is 53.9 Å². The Morgan fingerprint density at radius 2 is 1.67 bits per heavy atom. The zero-order chi connectivity index (χ0) is 30.1. The molecule has 0 unspecified atom stereocenters. The summed E-state index contributed by atoms with van der Waals surface area (Å²) in [5.74, 6) is 0.925. The van der Waals surface area contributed by atoms with Crippen molar-refractivity contribution >= 4 is 49.3 Å². The molecule has 7 heteroatoms. The molecule has 0 amide bonds. The molecule has 223 valence electrons. The molecule has 0 bridgehead atoms. The molecule has 0 atom stereocenters. The molecule has 2 aromatic carbocycles. The van der Waals surface area contributed by atoms with E-state index >= 15 is 0 Å². The first-order chi connectivity index (χ1) is 20.0. The van der Waals surface area contributed by atoms with Crippen LogP contribution in [0.4, 0.5) is 0 Å². The van der Waals surface area contributed by atoms with Crippen molar-refractivity contribution in [3.63, 3.8) is 0 Å². The number of aliphatic hydroxyl groups excluding tert-OH is 1. The summed E-state index contributed by atoms with van der Waals surface area (Å²) >= 11 is 1.80. The fourth-order valence-corrected chi connectivity index (χ4v) is 5.91. The van der Waals surface area contributed by atoms with E-state index < -0.39 is 0 Å². The number of thiophene rings is 1. The number of carbonyl (C=O) groups is 1. The summed E-state index contributed by atoms with van der Waals surface area (Å²) in [5.41, 5.74) is 8.18. The predicted octanol–water partition coefficient (Wildman–Crippen LogP) is 10.3. The Hall–Kier alpha value is -3.64. The van der Waals surface area contributed by atoms with E-state index in [1.54, 1.807) is 11.3 Å². The van der Waals surface area contributed by atoms with Gasteiger partial charge in [-0.15, -0.1) is 29.5 Å². The number of furan rings is 1. The third kappa shape index (κ3) is 7.13. The van der Waals surface area contributed by atoms with Gasteiger partial charge in [0.25, 0.3) is 0 Å². The third-order valence-corrected chi connectivity index (χ3v) is 8.24. The van der Waals surface area contributed by atoms with Crippen LogP contribution in [-0.4, -0.2) is 20.9 Å². The van der Waals surface area contributed by atoms with Gasteiger partial charge in [0.15, 0.2) is 5.78 Å². The second-order valence-corrected chi connectivity index (χ2v) is 12.4. The van der Waals surface area contributed by atoms with Crippen molar-refractivity contribution in [2.45, 2.75) is 60.3 Å². The van der Waals surface area contributed by atoms with Crippen LogP contribution in [-0.2, 0) is 24.9 Å². The van der Waals surface area contributed by atoms with Crippen molar-refractivity contribution < 1.29 is 34.4 Å². The molecule has 1 N–H and O–H groups in total. The van der Waals surface area contributed by atoms with Crippen LogP contribution in [0.15, 0.2) is 77.0 Å². The molecule has 0 aliphatic carbocycles. The number of aliphatic hydroxyl groups is 1. The van der Waals surface area contributed by atoms with Crippen LogP contribution < -0.4 is 0 Å². The Kier molecular flexibility index (Phi) is 10.0. The number of carbonyl (C=O) groups excluding carboxylic acids is 1. The SMILES string of the molecule is CC(=O)/C=C(/C)O.Cc1ccc2c(n1)oc1c(-c3cc4cc(-c5cc(C(C)C)cc(C(C)C)c5)sc4cn3)[c-]ccc12.[Ir]. The van der Waals surface area contributed by atoms with Crippen LogP contribution in [0.2, 0.25) is 0 Å². The van der Waals surface area contributed by atoms with E-state index in [0.29, 0.717) is 17.5 Å². The van der Waals surface area contributed by atoms with Gasteiger partial charge in [-0.2, -0.15) is 0 Å². The minimum atomic E-state index is -0.125. The molecule has 0 spiro atoms. The number of ketones is 1. The van der Waals surface area contributed by atoms with E-state index in [-0.39, 0.29) is 31.6 Å². The fourth-order valence-electron chi connectivity index (χ4n) is 4.91. The van der Waals surface area contributed by atoms with Gasteiger partial charge >= 0.3 is 0 Å². The van der Waals surface area contributed by atoms with Crippen LogP contribution in [0.3, 0.4) is 0 Å². The standard InChI is InChI=1S/C31H27N2OS.C5H8O2.Ir/c1-17(2)20-11-21(18(3)4)13-22(12-20)28-15-23-14-27(32-16-29(23)35-28)26-8-6-7-24-25-10-9-19(5)33-31(25)34-30(24)26;1-4(6)3-5(2)7;/h6-7,9-18H,1-5H3;3,6H,1-2H3;/q-1;;/b;4-3-;. The van der Waals surface area contributed by atoms with E-state index in [0.717, 1.165) is 33.3 Å². The van der Waals surface area contributed by atoms with Crippen molar-refractivity contribution in [1.29, 1.82) is 0 Å². The number of hydrogen-bond acceptors (Lipinski definition) is 6. The maximum absolute atomic E-state index is 10.0. The van der Waals surface area contributed by atoms with Gasteiger partial charge in [-0.05, 0) is 78.6 Å². The van der Waals surface area contributed by atoms with E-state index in [4.69, 9.17) is 14.5 Å². The van der Waals surface area contributed by atoms with Crippen molar-refractivity contribution in [1.82, 2.24) is 9.97 Å². The quantitative estimate of drug-likeness (QED) is 0.107. The first-order valence-electron chi connectivity index (χ1n) is 14.1. The van der Waals surface area contributed by atoms with Gasteiger partial charge in [0.2, 0.25) is 5.71 Å². The number of benzene rings is 2. The summed E-state index contributed by atoms with van der Waals surface area (Å²) in [4.78, 5) is 20.7. The molecular weight excluding hydrogens is 733 g/mol. The average molecular weight is 768 g/mol. The normalized spacial score (nSPS) is 11.7. The van der Waals surface area contributed by atoms with Gasteiger partial charge in [-0.25, -0.2) is 4.98 Å². The second-order valence-electron chi connectivity index (χ2n) is 11.3. The molecular formula is C36H35IrN2O3S-. The number of hydrogen-bond donors (Lipinski definition) is 1. The van der Waals surface area contributed by atoms with Gasteiger partial charge in [0, 0.05) is 48.3 Å². The zero-order valence-electron chi connectivity index (χ0n) is 25.4. The molecule has 5 nitrogen and oxygen atoms in total. The fraction of sp³-hybridized carbons (Fsp3) is 0.250. The summed E-state index contributed by atoms with van der Waals surface area (Å²) in [5, 5.41) is 11.6. The number of pyridine rings is 2. The van der Waals surface area contributed by atoms with Gasteiger partial charge < -0.3 is 14.5 Å². The molecule has 0 aliphatic heterocycles. The van der Waals surface area contributed by atoms with E-state index in [1.807, 2.05) is 31.3 Å². The van der Waals surface area contributed by atoms with Crippen molar-refractivity contribution in [3.8, 4) is 21.7 Å². The molecule has 0 saturated carbocycles. The van der Waals surface area contributed by atoms with Crippen LogP contribution in [0.1, 0.15) is 70.2 Å². The van der Waals surface area contributed by atoms with E-state index in [2.05, 4.69) is 75.1 Å². The molecule has 4 heterocycles. The summed E-state index contributed by atoms with van der Waals surface area (Å²) in [7, 11) is 0. The van der Waals surface area contributed by atoms with Gasteiger partial charge in [0.05, 0.1) is 16.0 Å². The summed E-state index contributed by atoms with van der Waals surface area (Å²) in [6.45, 7) is 13.9. The van der Waals surface area contributed by atoms with Gasteiger partial charge in [-0.1, -0.05) is 62.9 Å². The number of fused-ring (bicyclic) bond motifs is 4. The minimum absolute atomic E-state index is 0. The first-order valence-corrected chi connectivity index (χ1v) is 15.0. The Bertz CT molecular complexity index is 1940. The Labute approximate surface area is 270 Å². The number of rotatable bonds is 5. The summed E-state index contributed by atoms with van der Waals surface area (Å²) in [6, 6.07) is 22.9. The number of allylic oxidation sites excluding steroid dienone is 2. The summed E-state index contributed by atoms with van der Waals surface area (Å²) < 4.78 is 7.38. The predicted molar refractivity (Wildman–Crippen MR) is 174 cm³/mol. The van der Waals surface area contributed by atoms with Crippen molar-refractivity contribution in [2.75, 3.05) is 0 Å². The Morgan fingerprint density at radius 1 is 0.977 bits per heavy atom. The zero-order valence-corrected chi connectivity index (χ0v) is 28.6. The van der Waals surface area contributed by atoms with Crippen LogP contribution in [0.5, 0.6) is 0 Å². The number of aryl methyl sites for hydroxylation is 1. The van der Waals surface area contributed by atoms with E-state index in [9.17, 15) is 4.79 Å². The molecule has 6 aromatic rings. The van der Waals surface area contributed by atoms with Gasteiger partial charge in [-0.3, -0.25) is 4.79 Å². The van der Waals surface area contributed by atoms with Crippen molar-refractivity contribution in [2.24, 2.45) is 0 Å². The molecule has 0 saturated heterocycles. The molecule has 0 fully saturated rings. The van der Waals surface area contributed by atoms with E-state index in [1.165, 1.54) is 51.6 Å². The van der Waals surface area contributed by atoms with Crippen molar-refractivity contribution in [3.05, 3.63) is 95.5 Å². The number of nitrogens with zero attached hydrogens (tertiary/aromatic N) is 2. The van der Waals surface area contributed by atoms with Gasteiger partial charge in [0.1, 0.15) is 0 Å². The topological polar surface area (TPSA) is 76.2 Å². The molecule has 43 heavy (non-hydrogen) atoms. The first kappa shape index (κ1) is 32.3. The Balaban J connectivity index is 0.000000475. The smallest absolute Gasteiger partial charge is 0.216 e. The number of aromatic nitrogens is 2. The largest absolute Gasteiger partial charge is 0.512 e. The Morgan fingerprint density at radius 3 is 2.28 bits per heavy atom. The minimum Gasteiger partial charge on any atom is -0.512 e. The summed E-state index contributed by atoms with van der Waals surface area (Å²) in [6.07, 6.45) is 3.15.